The van der Waals surface area contributed by atoms with Gasteiger partial charge in [0.25, 0.3) is 0 Å². The van der Waals surface area contributed by atoms with Crippen LogP contribution in [0.1, 0.15) is 0 Å². The average Bonchev–Trinajstić information content (AvgIpc) is 2.96. The zero-order valence-electron chi connectivity index (χ0n) is 12.0. The summed E-state index contributed by atoms with van der Waals surface area (Å²) in [5.41, 5.74) is 0.385. The minimum Gasteiger partial charge on any atom is -0.492 e. The van der Waals surface area contributed by atoms with E-state index in [4.69, 9.17) is 14.2 Å². The number of hydrogen-bond donors (Lipinski definition) is 1. The van der Waals surface area contributed by atoms with Gasteiger partial charge in [0.15, 0.2) is 11.5 Å². The van der Waals surface area contributed by atoms with Gasteiger partial charge in [-0.15, -0.1) is 0 Å². The Labute approximate surface area is 132 Å². The van der Waals surface area contributed by atoms with Crippen molar-refractivity contribution in [1.29, 1.82) is 0 Å². The van der Waals surface area contributed by atoms with Crippen molar-refractivity contribution in [3.63, 3.8) is 0 Å². The van der Waals surface area contributed by atoms with Gasteiger partial charge in [-0.1, -0.05) is 0 Å². The van der Waals surface area contributed by atoms with Gasteiger partial charge in [0, 0.05) is 6.07 Å². The molecule has 122 valence electrons. The van der Waals surface area contributed by atoms with Gasteiger partial charge in [-0.25, -0.2) is 12.8 Å². The molecule has 6 nitrogen and oxygen atoms in total. The monoisotopic (exact) mass is 339 g/mol. The van der Waals surface area contributed by atoms with Crippen LogP contribution in [0.15, 0.2) is 42.5 Å². The zero-order chi connectivity index (χ0) is 16.3. The highest BCUT2D eigenvalue weighted by molar-refractivity contribution is 7.92. The fourth-order valence-electron chi connectivity index (χ4n) is 1.99. The van der Waals surface area contributed by atoms with Crippen molar-refractivity contribution < 1.29 is 27.0 Å². The molecule has 0 fully saturated rings. The molecule has 2 aromatic rings. The predicted molar refractivity (Wildman–Crippen MR) is 81.9 cm³/mol. The van der Waals surface area contributed by atoms with Gasteiger partial charge in [0.05, 0.1) is 5.69 Å². The second-order valence-electron chi connectivity index (χ2n) is 4.79. The van der Waals surface area contributed by atoms with Crippen LogP contribution in [0.25, 0.3) is 0 Å². The van der Waals surface area contributed by atoms with Crippen molar-refractivity contribution in [2.75, 3.05) is 23.9 Å². The molecule has 1 aliphatic heterocycles. The van der Waals surface area contributed by atoms with Crippen molar-refractivity contribution in [3.05, 3.63) is 48.3 Å². The number of nitrogens with one attached hydrogen (secondary N) is 1. The first-order valence-electron chi connectivity index (χ1n) is 6.80. The van der Waals surface area contributed by atoms with Crippen LogP contribution >= 0.6 is 0 Å². The average molecular weight is 339 g/mol. The smallest absolute Gasteiger partial charge is 0.236 e. The van der Waals surface area contributed by atoms with Crippen LogP contribution in [0.2, 0.25) is 0 Å². The molecule has 1 heterocycles. The summed E-state index contributed by atoms with van der Waals surface area (Å²) < 4.78 is 54.9. The molecule has 0 aromatic heterocycles. The number of fused-ring (bicyclic) bond motifs is 1. The Balaban J connectivity index is 1.55. The highest BCUT2D eigenvalue weighted by Crippen LogP contribution is 2.34. The van der Waals surface area contributed by atoms with E-state index in [1.54, 1.807) is 18.2 Å². The van der Waals surface area contributed by atoms with Gasteiger partial charge < -0.3 is 14.2 Å². The molecule has 0 bridgehead atoms. The van der Waals surface area contributed by atoms with Gasteiger partial charge in [-0.3, -0.25) is 4.72 Å². The lowest BCUT2D eigenvalue weighted by molar-refractivity contribution is 0.174. The topological polar surface area (TPSA) is 73.9 Å². The number of benzene rings is 2. The Bertz CT molecular complexity index is 792. The molecular formula is C15H14FNO5S. The summed E-state index contributed by atoms with van der Waals surface area (Å²) in [4.78, 5) is 0. The summed E-state index contributed by atoms with van der Waals surface area (Å²) in [7, 11) is -3.58. The lowest BCUT2D eigenvalue weighted by Crippen LogP contribution is -2.21. The van der Waals surface area contributed by atoms with E-state index in [0.717, 1.165) is 0 Å². The maximum absolute atomic E-state index is 12.8. The standard InChI is InChI=1S/C15H14FNO5S/c16-11-1-4-13(5-2-11)20-7-8-23(18,19)17-12-3-6-14-15(9-12)22-10-21-14/h1-6,9,17H,7-8,10H2. The van der Waals surface area contributed by atoms with Gasteiger partial charge >= 0.3 is 0 Å². The largest absolute Gasteiger partial charge is 0.492 e. The molecule has 8 heteroatoms. The minimum atomic E-state index is -3.58. The Morgan fingerprint density at radius 2 is 1.83 bits per heavy atom. The first-order valence-corrected chi connectivity index (χ1v) is 8.46. The maximum Gasteiger partial charge on any atom is 0.236 e. The van der Waals surface area contributed by atoms with Gasteiger partial charge in [-0.05, 0) is 36.4 Å². The summed E-state index contributed by atoms with van der Waals surface area (Å²) >= 11 is 0. The molecule has 1 aliphatic rings. The van der Waals surface area contributed by atoms with Crippen molar-refractivity contribution in [3.8, 4) is 17.2 Å². The van der Waals surface area contributed by atoms with Crippen LogP contribution in [0, 0.1) is 5.82 Å². The third-order valence-corrected chi connectivity index (χ3v) is 4.33. The normalized spacial score (nSPS) is 12.9. The SMILES string of the molecule is O=S(=O)(CCOc1ccc(F)cc1)Nc1ccc2c(c1)OCO2. The molecule has 2 aromatic carbocycles. The molecule has 0 radical (unpaired) electrons. The number of hydrogen-bond acceptors (Lipinski definition) is 5. The van der Waals surface area contributed by atoms with Gasteiger partial charge in [-0.2, -0.15) is 0 Å². The van der Waals surface area contributed by atoms with Crippen molar-refractivity contribution in [1.82, 2.24) is 0 Å². The van der Waals surface area contributed by atoms with Crippen LogP contribution in [-0.2, 0) is 10.0 Å². The fourth-order valence-corrected chi connectivity index (χ4v) is 2.88. The van der Waals surface area contributed by atoms with E-state index in [-0.39, 0.29) is 25.0 Å². The fraction of sp³-hybridized carbons (Fsp3) is 0.200. The molecule has 0 atom stereocenters. The second-order valence-corrected chi connectivity index (χ2v) is 6.63. The summed E-state index contributed by atoms with van der Waals surface area (Å²) in [6.07, 6.45) is 0. The highest BCUT2D eigenvalue weighted by Gasteiger charge is 2.16. The third-order valence-electron chi connectivity index (χ3n) is 3.08. The first-order chi connectivity index (χ1) is 11.0. The Kier molecular flexibility index (Phi) is 4.24. The highest BCUT2D eigenvalue weighted by atomic mass is 32.2. The van der Waals surface area contributed by atoms with Gasteiger partial charge in [0.1, 0.15) is 23.9 Å². The summed E-state index contributed by atoms with van der Waals surface area (Å²) in [6, 6.07) is 10.1. The molecular weight excluding hydrogens is 325 g/mol. The summed E-state index contributed by atoms with van der Waals surface area (Å²) in [5, 5.41) is 0. The van der Waals surface area contributed by atoms with E-state index in [9.17, 15) is 12.8 Å². The predicted octanol–water partition coefficient (Wildman–Crippen LogP) is 2.38. The van der Waals surface area contributed by atoms with Crippen molar-refractivity contribution in [2.45, 2.75) is 0 Å². The quantitative estimate of drug-likeness (QED) is 0.875. The Morgan fingerprint density at radius 3 is 2.61 bits per heavy atom. The second kappa shape index (κ2) is 6.33. The molecule has 3 rings (SSSR count). The number of ether oxygens (including phenoxy) is 3. The zero-order valence-corrected chi connectivity index (χ0v) is 12.8. The Morgan fingerprint density at radius 1 is 1.09 bits per heavy atom. The van der Waals surface area contributed by atoms with E-state index in [1.807, 2.05) is 0 Å². The van der Waals surface area contributed by atoms with Crippen LogP contribution in [-0.4, -0.2) is 27.6 Å². The number of rotatable bonds is 6. The van der Waals surface area contributed by atoms with Crippen LogP contribution < -0.4 is 18.9 Å². The van der Waals surface area contributed by atoms with Gasteiger partial charge in [0.2, 0.25) is 16.8 Å². The van der Waals surface area contributed by atoms with E-state index >= 15 is 0 Å². The molecule has 0 unspecified atom stereocenters. The van der Waals surface area contributed by atoms with Crippen molar-refractivity contribution in [2.24, 2.45) is 0 Å². The summed E-state index contributed by atoms with van der Waals surface area (Å²) in [5.74, 6) is 0.859. The van der Waals surface area contributed by atoms with E-state index in [0.29, 0.717) is 22.9 Å². The third kappa shape index (κ3) is 4.04. The minimum absolute atomic E-state index is 0.0501. The molecule has 0 spiro atoms. The summed E-state index contributed by atoms with van der Waals surface area (Å²) in [6.45, 7) is 0.0720. The maximum atomic E-state index is 12.8. The van der Waals surface area contributed by atoms with Crippen LogP contribution in [0.5, 0.6) is 17.2 Å². The van der Waals surface area contributed by atoms with Crippen molar-refractivity contribution >= 4 is 15.7 Å². The molecule has 0 saturated heterocycles. The Hall–Kier alpha value is -2.48. The number of anilines is 1. The first kappa shape index (κ1) is 15.4. The van der Waals surface area contributed by atoms with Crippen LogP contribution in [0.3, 0.4) is 0 Å². The molecule has 1 N–H and O–H groups in total. The lowest BCUT2D eigenvalue weighted by Gasteiger charge is -2.10. The number of sulfonamides is 1. The lowest BCUT2D eigenvalue weighted by atomic mass is 10.3. The van der Waals surface area contributed by atoms with E-state index in [2.05, 4.69) is 4.72 Å². The van der Waals surface area contributed by atoms with E-state index < -0.39 is 10.0 Å². The molecule has 0 saturated carbocycles. The number of halogens is 1. The molecule has 0 aliphatic carbocycles. The molecule has 23 heavy (non-hydrogen) atoms. The molecule has 0 amide bonds. The van der Waals surface area contributed by atoms with E-state index in [1.165, 1.54) is 24.3 Å². The van der Waals surface area contributed by atoms with Crippen LogP contribution in [0.4, 0.5) is 10.1 Å².